The summed E-state index contributed by atoms with van der Waals surface area (Å²) in [5.41, 5.74) is 4.74. The first kappa shape index (κ1) is 29.4. The fourth-order valence-electron chi connectivity index (χ4n) is 6.07. The van der Waals surface area contributed by atoms with Crippen LogP contribution in [0.25, 0.3) is 0 Å². The van der Waals surface area contributed by atoms with Gasteiger partial charge in [-0.15, -0.1) is 0 Å². The van der Waals surface area contributed by atoms with Crippen molar-refractivity contribution in [3.05, 3.63) is 51.9 Å². The molecule has 3 fully saturated rings. The quantitative estimate of drug-likeness (QED) is 0.446. The number of anilines is 1. The van der Waals surface area contributed by atoms with Crippen molar-refractivity contribution in [1.29, 1.82) is 5.26 Å². The number of nitriles is 1. The molecule has 3 aliphatic rings. The monoisotopic (exact) mass is 622 g/mol. The number of nitrogens with zero attached hydrogens (tertiary/aromatic N) is 7. The van der Waals surface area contributed by atoms with Gasteiger partial charge in [0.2, 0.25) is 11.7 Å². The number of rotatable bonds is 8. The van der Waals surface area contributed by atoms with Gasteiger partial charge in [-0.25, -0.2) is 4.98 Å². The number of piperidine rings is 1. The molecule has 0 radical (unpaired) electrons. The van der Waals surface area contributed by atoms with E-state index in [-0.39, 0.29) is 17.6 Å². The van der Waals surface area contributed by atoms with Crippen molar-refractivity contribution in [3.63, 3.8) is 0 Å². The molecule has 2 aromatic rings. The van der Waals surface area contributed by atoms with Crippen molar-refractivity contribution in [2.24, 2.45) is 11.8 Å². The van der Waals surface area contributed by atoms with Crippen molar-refractivity contribution in [2.75, 3.05) is 57.9 Å². The molecule has 1 aliphatic carbocycles. The van der Waals surface area contributed by atoms with Crippen LogP contribution in [0.15, 0.2) is 34.9 Å². The molecule has 2 aliphatic heterocycles. The Morgan fingerprint density at radius 1 is 1.05 bits per heavy atom. The van der Waals surface area contributed by atoms with Crippen LogP contribution < -0.4 is 10.4 Å². The average Bonchev–Trinajstić information content (AvgIpc) is 3.51. The summed E-state index contributed by atoms with van der Waals surface area (Å²) in [7, 11) is 2.11. The van der Waals surface area contributed by atoms with E-state index in [2.05, 4.69) is 48.2 Å². The molecule has 0 spiro atoms. The molecule has 0 bridgehead atoms. The predicted molar refractivity (Wildman–Crippen MR) is 160 cm³/mol. The maximum absolute atomic E-state index is 13.3. The second kappa shape index (κ2) is 13.7. The lowest BCUT2D eigenvalue weighted by molar-refractivity contribution is -0.138. The third kappa shape index (κ3) is 7.61. The number of hydrogen-bond acceptors (Lipinski definition) is 8. The van der Waals surface area contributed by atoms with Crippen LogP contribution >= 0.6 is 15.9 Å². The van der Waals surface area contributed by atoms with Crippen molar-refractivity contribution < 1.29 is 9.59 Å². The minimum Gasteiger partial charge on any atom is -0.340 e. The Bertz CT molecular complexity index is 1240. The standard InChI is InChI=1S/C30H39BrN8O2/c1-36-14-16-38(17-15-36)30(41)25-10-12-37(13-11-25)20-23-6-8-24(9-7-23)29(40)35-39(21-22-4-2-3-5-22)28-26(31)19-33-27(18-32)34-28/h6-9,19,22,25H,2-5,10-17,20-21H2,1H3,(H,35,40). The van der Waals surface area contributed by atoms with E-state index >= 15 is 0 Å². The van der Waals surface area contributed by atoms with Gasteiger partial charge in [-0.1, -0.05) is 25.0 Å². The zero-order valence-corrected chi connectivity index (χ0v) is 25.4. The Labute approximate surface area is 250 Å². The summed E-state index contributed by atoms with van der Waals surface area (Å²) in [5.74, 6) is 1.24. The van der Waals surface area contributed by atoms with Gasteiger partial charge in [-0.05, 0) is 85.4 Å². The van der Waals surface area contributed by atoms with Gasteiger partial charge in [0.05, 0.1) is 4.47 Å². The lowest BCUT2D eigenvalue weighted by Gasteiger charge is -2.37. The van der Waals surface area contributed by atoms with Crippen LogP contribution in [0.4, 0.5) is 5.82 Å². The summed E-state index contributed by atoms with van der Waals surface area (Å²) in [5, 5.41) is 11.1. The van der Waals surface area contributed by atoms with Crippen LogP contribution in [0.2, 0.25) is 0 Å². The van der Waals surface area contributed by atoms with Gasteiger partial charge in [0, 0.05) is 56.9 Å². The number of piperazine rings is 1. The number of likely N-dealkylation sites (tertiary alicyclic amines) is 1. The zero-order chi connectivity index (χ0) is 28.8. The number of hydrogen-bond donors (Lipinski definition) is 1. The molecule has 3 heterocycles. The molecule has 41 heavy (non-hydrogen) atoms. The molecular weight excluding hydrogens is 584 g/mol. The highest BCUT2D eigenvalue weighted by Gasteiger charge is 2.30. The highest BCUT2D eigenvalue weighted by atomic mass is 79.9. The first-order valence-corrected chi connectivity index (χ1v) is 15.5. The minimum atomic E-state index is -0.221. The van der Waals surface area contributed by atoms with Gasteiger partial charge in [-0.2, -0.15) is 10.2 Å². The normalized spacial score (nSPS) is 19.2. The van der Waals surface area contributed by atoms with E-state index in [0.717, 1.165) is 77.1 Å². The van der Waals surface area contributed by atoms with Crippen LogP contribution in [0.3, 0.4) is 0 Å². The summed E-state index contributed by atoms with van der Waals surface area (Å²) in [6.45, 7) is 6.82. The van der Waals surface area contributed by atoms with E-state index in [1.807, 2.05) is 35.2 Å². The fraction of sp³-hybridized carbons (Fsp3) is 0.567. The van der Waals surface area contributed by atoms with Gasteiger partial charge in [0.15, 0.2) is 5.82 Å². The van der Waals surface area contributed by atoms with Gasteiger partial charge in [0.25, 0.3) is 5.91 Å². The zero-order valence-electron chi connectivity index (χ0n) is 23.8. The molecule has 2 saturated heterocycles. The molecule has 2 amide bonds. The molecule has 10 nitrogen and oxygen atoms in total. The highest BCUT2D eigenvalue weighted by molar-refractivity contribution is 9.10. The summed E-state index contributed by atoms with van der Waals surface area (Å²) in [6, 6.07) is 9.72. The molecule has 1 aromatic carbocycles. The Hall–Kier alpha value is -3.07. The van der Waals surface area contributed by atoms with Crippen molar-refractivity contribution in [1.82, 2.24) is 30.1 Å². The molecule has 1 aromatic heterocycles. The van der Waals surface area contributed by atoms with Crippen molar-refractivity contribution >= 4 is 33.6 Å². The molecule has 218 valence electrons. The largest absolute Gasteiger partial charge is 0.340 e. The molecule has 5 rings (SSSR count). The number of benzene rings is 1. The lowest BCUT2D eigenvalue weighted by Crippen LogP contribution is -2.50. The van der Waals surface area contributed by atoms with E-state index in [9.17, 15) is 14.9 Å². The van der Waals surface area contributed by atoms with Crippen LogP contribution in [0.1, 0.15) is 60.3 Å². The highest BCUT2D eigenvalue weighted by Crippen LogP contribution is 2.29. The van der Waals surface area contributed by atoms with Crippen LogP contribution in [0.5, 0.6) is 0 Å². The van der Waals surface area contributed by atoms with E-state index in [1.54, 1.807) is 11.2 Å². The maximum atomic E-state index is 13.3. The van der Waals surface area contributed by atoms with Crippen LogP contribution in [0, 0.1) is 23.2 Å². The summed E-state index contributed by atoms with van der Waals surface area (Å²) < 4.78 is 0.624. The van der Waals surface area contributed by atoms with Crippen molar-refractivity contribution in [2.45, 2.75) is 45.1 Å². The topological polar surface area (TPSA) is 109 Å². The fourth-order valence-corrected chi connectivity index (χ4v) is 6.47. The lowest BCUT2D eigenvalue weighted by atomic mass is 9.94. The molecule has 0 atom stereocenters. The Morgan fingerprint density at radius 2 is 1.73 bits per heavy atom. The number of likely N-dealkylation sites (N-methyl/N-ethyl adjacent to an activating group) is 1. The second-order valence-electron chi connectivity index (χ2n) is 11.6. The molecule has 1 saturated carbocycles. The second-order valence-corrected chi connectivity index (χ2v) is 12.4. The van der Waals surface area contributed by atoms with Crippen LogP contribution in [-0.2, 0) is 11.3 Å². The average molecular weight is 624 g/mol. The van der Waals surface area contributed by atoms with Gasteiger partial charge >= 0.3 is 0 Å². The van der Waals surface area contributed by atoms with Gasteiger partial charge in [-0.3, -0.25) is 24.9 Å². The minimum absolute atomic E-state index is 0.0611. The third-order valence-corrected chi connectivity index (χ3v) is 9.17. The Balaban J connectivity index is 1.16. The predicted octanol–water partition coefficient (Wildman–Crippen LogP) is 3.44. The number of hydrazine groups is 1. The third-order valence-electron chi connectivity index (χ3n) is 8.61. The molecule has 1 N–H and O–H groups in total. The van der Waals surface area contributed by atoms with Crippen molar-refractivity contribution in [3.8, 4) is 6.07 Å². The Kier molecular flexibility index (Phi) is 9.85. The van der Waals surface area contributed by atoms with E-state index < -0.39 is 0 Å². The van der Waals surface area contributed by atoms with Crippen LogP contribution in [-0.4, -0.2) is 89.3 Å². The number of amides is 2. The number of carbonyl (C=O) groups excluding carboxylic acids is 2. The summed E-state index contributed by atoms with van der Waals surface area (Å²) >= 11 is 3.49. The molecule has 11 heteroatoms. The van der Waals surface area contributed by atoms with Gasteiger partial charge in [0.1, 0.15) is 6.07 Å². The number of halogens is 1. The SMILES string of the molecule is CN1CCN(C(=O)C2CCN(Cc3ccc(C(=O)NN(CC4CCCC4)c4nc(C#N)ncc4Br)cc3)CC2)CC1. The molecule has 0 unspecified atom stereocenters. The van der Waals surface area contributed by atoms with E-state index in [4.69, 9.17) is 0 Å². The summed E-state index contributed by atoms with van der Waals surface area (Å²) in [4.78, 5) is 41.4. The van der Waals surface area contributed by atoms with E-state index in [1.165, 1.54) is 12.8 Å². The summed E-state index contributed by atoms with van der Waals surface area (Å²) in [6.07, 6.45) is 7.93. The van der Waals surface area contributed by atoms with Gasteiger partial charge < -0.3 is 9.80 Å². The number of aromatic nitrogens is 2. The number of nitrogens with one attached hydrogen (secondary N) is 1. The van der Waals surface area contributed by atoms with E-state index in [0.29, 0.717) is 34.2 Å². The number of carbonyl (C=O) groups is 2. The maximum Gasteiger partial charge on any atom is 0.269 e. The Morgan fingerprint density at radius 3 is 2.39 bits per heavy atom. The molecular formula is C30H39BrN8O2. The smallest absolute Gasteiger partial charge is 0.269 e. The first-order chi connectivity index (χ1) is 19.9. The first-order valence-electron chi connectivity index (χ1n) is 14.7.